The minimum Gasteiger partial charge on any atom is -0.373 e. The van der Waals surface area contributed by atoms with Crippen LogP contribution in [0.1, 0.15) is 18.4 Å². The maximum absolute atomic E-state index is 13.0. The molecule has 0 saturated heterocycles. The van der Waals surface area contributed by atoms with Gasteiger partial charge in [-0.05, 0) is 48.7 Å². The molecular weight excluding hydrogens is 445 g/mol. The Bertz CT molecular complexity index is 979. The number of primary amides is 1. The standard InChI is InChI=1S/C19H18Cl3NO4S/c20-12-3-1-11(2-4-12)10-27-17-9-14(8-15(17)19(23)24)28(25,26)18-6-5-13(21)7-16(18)22/h1-7,14-15,17H,8-10H2,(H2,23,24)/t14-,15-,17-/m1/s1. The molecule has 2 N–H and O–H groups in total. The first-order chi connectivity index (χ1) is 13.2. The highest BCUT2D eigenvalue weighted by atomic mass is 35.5. The van der Waals surface area contributed by atoms with Crippen LogP contribution in [-0.2, 0) is 26.0 Å². The fourth-order valence-corrected chi connectivity index (χ4v) is 6.07. The van der Waals surface area contributed by atoms with Crippen LogP contribution in [0.15, 0.2) is 47.4 Å². The molecule has 3 atom stereocenters. The maximum atomic E-state index is 13.0. The molecular formula is C19H18Cl3NO4S. The molecule has 1 aliphatic carbocycles. The highest BCUT2D eigenvalue weighted by molar-refractivity contribution is 7.92. The number of carbonyl (C=O) groups is 1. The number of ether oxygens (including phenoxy) is 1. The van der Waals surface area contributed by atoms with Gasteiger partial charge in [0.1, 0.15) is 0 Å². The predicted molar refractivity (Wildman–Crippen MR) is 109 cm³/mol. The molecule has 1 aliphatic rings. The van der Waals surface area contributed by atoms with E-state index >= 15 is 0 Å². The van der Waals surface area contributed by atoms with Gasteiger partial charge in [0.05, 0.1) is 33.8 Å². The Morgan fingerprint density at radius 2 is 1.68 bits per heavy atom. The summed E-state index contributed by atoms with van der Waals surface area (Å²) in [7, 11) is -3.77. The van der Waals surface area contributed by atoms with Crippen molar-refractivity contribution in [2.75, 3.05) is 0 Å². The van der Waals surface area contributed by atoms with Crippen molar-refractivity contribution < 1.29 is 17.9 Å². The predicted octanol–water partition coefficient (Wildman–Crippen LogP) is 4.27. The molecule has 2 aromatic rings. The van der Waals surface area contributed by atoms with E-state index in [4.69, 9.17) is 45.3 Å². The molecule has 1 fully saturated rings. The Kier molecular flexibility index (Phi) is 6.57. The summed E-state index contributed by atoms with van der Waals surface area (Å²) < 4.78 is 31.9. The Hall–Kier alpha value is -1.31. The third-order valence-electron chi connectivity index (χ3n) is 4.84. The zero-order valence-corrected chi connectivity index (χ0v) is 17.7. The van der Waals surface area contributed by atoms with E-state index in [1.165, 1.54) is 18.2 Å². The smallest absolute Gasteiger partial charge is 0.223 e. The van der Waals surface area contributed by atoms with Crippen LogP contribution in [0.25, 0.3) is 0 Å². The van der Waals surface area contributed by atoms with Gasteiger partial charge < -0.3 is 10.5 Å². The summed E-state index contributed by atoms with van der Waals surface area (Å²) >= 11 is 17.8. The molecule has 0 radical (unpaired) electrons. The second-order valence-electron chi connectivity index (χ2n) is 6.70. The minimum absolute atomic E-state index is 0.00913. The van der Waals surface area contributed by atoms with Gasteiger partial charge >= 0.3 is 0 Å². The first-order valence-corrected chi connectivity index (χ1v) is 11.2. The highest BCUT2D eigenvalue weighted by Gasteiger charge is 2.45. The Morgan fingerprint density at radius 3 is 2.29 bits per heavy atom. The molecule has 5 nitrogen and oxygen atoms in total. The van der Waals surface area contributed by atoms with Gasteiger partial charge in [0, 0.05) is 10.0 Å². The van der Waals surface area contributed by atoms with Gasteiger partial charge in [-0.2, -0.15) is 0 Å². The summed E-state index contributed by atoms with van der Waals surface area (Å²) in [6.45, 7) is 0.222. The fraction of sp³-hybridized carbons (Fsp3) is 0.316. The highest BCUT2D eigenvalue weighted by Crippen LogP contribution is 2.38. The molecule has 0 heterocycles. The van der Waals surface area contributed by atoms with E-state index in [0.29, 0.717) is 10.0 Å². The number of rotatable bonds is 6. The lowest BCUT2D eigenvalue weighted by atomic mass is 10.1. The van der Waals surface area contributed by atoms with Gasteiger partial charge in [0.2, 0.25) is 5.91 Å². The fourth-order valence-electron chi connectivity index (χ4n) is 3.36. The van der Waals surface area contributed by atoms with Crippen molar-refractivity contribution in [1.82, 2.24) is 0 Å². The first kappa shape index (κ1) is 21.4. The van der Waals surface area contributed by atoms with Gasteiger partial charge in [0.25, 0.3) is 0 Å². The van der Waals surface area contributed by atoms with Crippen LogP contribution in [-0.4, -0.2) is 25.7 Å². The van der Waals surface area contributed by atoms with Crippen LogP contribution in [0.3, 0.4) is 0 Å². The Morgan fingerprint density at radius 1 is 1.04 bits per heavy atom. The minimum atomic E-state index is -3.77. The Balaban J connectivity index is 1.78. The molecule has 0 bridgehead atoms. The van der Waals surface area contributed by atoms with E-state index in [9.17, 15) is 13.2 Å². The zero-order chi connectivity index (χ0) is 20.5. The normalized spacial score (nSPS) is 22.3. The Labute approximate surface area is 178 Å². The average Bonchev–Trinajstić information content (AvgIpc) is 3.06. The van der Waals surface area contributed by atoms with Gasteiger partial charge in [0.15, 0.2) is 9.84 Å². The van der Waals surface area contributed by atoms with E-state index in [2.05, 4.69) is 0 Å². The molecule has 3 rings (SSSR count). The number of nitrogens with two attached hydrogens (primary N) is 1. The molecule has 28 heavy (non-hydrogen) atoms. The number of halogens is 3. The van der Waals surface area contributed by atoms with Crippen LogP contribution in [0.2, 0.25) is 15.1 Å². The van der Waals surface area contributed by atoms with Crippen molar-refractivity contribution in [1.29, 1.82) is 0 Å². The summed E-state index contributed by atoms with van der Waals surface area (Å²) in [5.41, 5.74) is 6.36. The number of hydrogen-bond acceptors (Lipinski definition) is 4. The maximum Gasteiger partial charge on any atom is 0.223 e. The van der Waals surface area contributed by atoms with Crippen molar-refractivity contribution in [2.45, 2.75) is 35.7 Å². The SMILES string of the molecule is NC(=O)[C@@H]1C[C@@H](S(=O)(=O)c2ccc(Cl)cc2Cl)C[C@H]1OCc1ccc(Cl)cc1. The number of amides is 1. The molecule has 0 aliphatic heterocycles. The van der Waals surface area contributed by atoms with E-state index in [1.54, 1.807) is 24.3 Å². The summed E-state index contributed by atoms with van der Waals surface area (Å²) in [5.74, 6) is -1.28. The van der Waals surface area contributed by atoms with E-state index < -0.39 is 33.0 Å². The third-order valence-corrected chi connectivity index (χ3v) is 7.99. The lowest BCUT2D eigenvalue weighted by Gasteiger charge is -2.17. The quantitative estimate of drug-likeness (QED) is 0.694. The topological polar surface area (TPSA) is 86.5 Å². The van der Waals surface area contributed by atoms with Crippen LogP contribution >= 0.6 is 34.8 Å². The molecule has 2 aromatic carbocycles. The first-order valence-electron chi connectivity index (χ1n) is 8.53. The lowest BCUT2D eigenvalue weighted by molar-refractivity contribution is -0.126. The van der Waals surface area contributed by atoms with E-state index in [1.807, 2.05) is 0 Å². The van der Waals surface area contributed by atoms with E-state index in [-0.39, 0.29) is 29.4 Å². The molecule has 1 amide bonds. The molecule has 150 valence electrons. The summed E-state index contributed by atoms with van der Waals surface area (Å²) in [6.07, 6.45) is -0.358. The lowest BCUT2D eigenvalue weighted by Crippen LogP contribution is -2.31. The monoisotopic (exact) mass is 461 g/mol. The van der Waals surface area contributed by atoms with Crippen molar-refractivity contribution in [2.24, 2.45) is 11.7 Å². The molecule has 0 spiro atoms. The second-order valence-corrected chi connectivity index (χ2v) is 10.2. The third kappa shape index (κ3) is 4.63. The number of carbonyl (C=O) groups excluding carboxylic acids is 1. The van der Waals surface area contributed by atoms with Gasteiger partial charge in [-0.1, -0.05) is 46.9 Å². The van der Waals surface area contributed by atoms with Crippen molar-refractivity contribution >= 4 is 50.5 Å². The van der Waals surface area contributed by atoms with Gasteiger partial charge in [-0.15, -0.1) is 0 Å². The molecule has 0 unspecified atom stereocenters. The van der Waals surface area contributed by atoms with Crippen LogP contribution < -0.4 is 5.73 Å². The van der Waals surface area contributed by atoms with Crippen molar-refractivity contribution in [3.63, 3.8) is 0 Å². The summed E-state index contributed by atoms with van der Waals surface area (Å²) in [6, 6.07) is 11.3. The van der Waals surface area contributed by atoms with Crippen LogP contribution in [0.4, 0.5) is 0 Å². The number of hydrogen-bond donors (Lipinski definition) is 1. The number of benzene rings is 2. The number of sulfone groups is 1. The zero-order valence-electron chi connectivity index (χ0n) is 14.6. The molecule has 1 saturated carbocycles. The summed E-state index contributed by atoms with van der Waals surface area (Å²) in [4.78, 5) is 11.9. The van der Waals surface area contributed by atoms with Crippen LogP contribution in [0.5, 0.6) is 0 Å². The van der Waals surface area contributed by atoms with Crippen LogP contribution in [0, 0.1) is 5.92 Å². The second kappa shape index (κ2) is 8.59. The van der Waals surface area contributed by atoms with Gasteiger partial charge in [-0.3, -0.25) is 4.79 Å². The van der Waals surface area contributed by atoms with Crippen molar-refractivity contribution in [3.05, 3.63) is 63.1 Å². The average molecular weight is 463 g/mol. The van der Waals surface area contributed by atoms with E-state index in [0.717, 1.165) is 5.56 Å². The largest absolute Gasteiger partial charge is 0.373 e. The summed E-state index contributed by atoms with van der Waals surface area (Å²) in [5, 5.41) is 0.174. The molecule has 9 heteroatoms. The van der Waals surface area contributed by atoms with Crippen molar-refractivity contribution in [3.8, 4) is 0 Å². The van der Waals surface area contributed by atoms with Gasteiger partial charge in [-0.25, -0.2) is 8.42 Å². The molecule has 0 aromatic heterocycles.